The van der Waals surface area contributed by atoms with Crippen LogP contribution in [0.1, 0.15) is 47.5 Å². The molecule has 0 aliphatic carbocycles. The first kappa shape index (κ1) is 26.6. The molecule has 2 aromatic heterocycles. The number of rotatable bonds is 4. The monoisotopic (exact) mass is 504 g/mol. The molecule has 1 atom stereocenters. The van der Waals surface area contributed by atoms with Gasteiger partial charge in [0.05, 0.1) is 11.9 Å². The molecule has 0 saturated heterocycles. The summed E-state index contributed by atoms with van der Waals surface area (Å²) in [6.45, 7) is 5.78. The summed E-state index contributed by atoms with van der Waals surface area (Å²) in [6, 6.07) is 5.24. The number of benzene rings is 1. The third kappa shape index (κ3) is 6.27. The van der Waals surface area contributed by atoms with Gasteiger partial charge in [0.15, 0.2) is 12.0 Å². The number of aromatic nitrogens is 2. The van der Waals surface area contributed by atoms with E-state index in [1.807, 2.05) is 13.8 Å². The maximum absolute atomic E-state index is 13.0. The van der Waals surface area contributed by atoms with E-state index in [1.54, 1.807) is 27.2 Å². The molecular formula is C21H24BrF3N2O4. The van der Waals surface area contributed by atoms with Gasteiger partial charge in [-0.05, 0) is 31.2 Å². The maximum atomic E-state index is 13.0. The zero-order chi connectivity index (χ0) is 23.8. The lowest BCUT2D eigenvalue weighted by molar-refractivity contribution is -0.140. The Morgan fingerprint density at radius 2 is 1.71 bits per heavy atom. The number of pyridine rings is 1. The number of halogens is 4. The third-order valence-electron chi connectivity index (χ3n) is 3.73. The standard InChI is InChI=1S/C17H12BrF3N2O3.C2H6O.C2H6/c1-8(18)14-12(7-24)26-16(23-14)10-3-5-11(25-2)15-9(10)4-6-13(22-15)17(19,20)21;1-3-2;1-2/h3-8H,1-2H3;1-2H3;1-2H3. The number of fused-ring (bicyclic) bond motifs is 1. The van der Waals surface area contributed by atoms with Gasteiger partial charge in [0.2, 0.25) is 5.89 Å². The van der Waals surface area contributed by atoms with E-state index in [0.29, 0.717) is 22.9 Å². The minimum atomic E-state index is -4.58. The van der Waals surface area contributed by atoms with E-state index in [4.69, 9.17) is 9.15 Å². The number of hydrogen-bond acceptors (Lipinski definition) is 6. The van der Waals surface area contributed by atoms with Crippen molar-refractivity contribution in [1.29, 1.82) is 0 Å². The van der Waals surface area contributed by atoms with Crippen molar-refractivity contribution in [2.24, 2.45) is 0 Å². The molecular weight excluding hydrogens is 481 g/mol. The van der Waals surface area contributed by atoms with Crippen molar-refractivity contribution in [3.05, 3.63) is 41.4 Å². The van der Waals surface area contributed by atoms with Crippen LogP contribution in [0.5, 0.6) is 5.75 Å². The second kappa shape index (κ2) is 11.8. The van der Waals surface area contributed by atoms with Crippen LogP contribution in [-0.2, 0) is 10.9 Å². The van der Waals surface area contributed by atoms with Crippen LogP contribution >= 0.6 is 15.9 Å². The predicted molar refractivity (Wildman–Crippen MR) is 116 cm³/mol. The van der Waals surface area contributed by atoms with Gasteiger partial charge in [-0.3, -0.25) is 4.79 Å². The fraction of sp³-hybridized carbons (Fsp3) is 0.381. The van der Waals surface area contributed by atoms with Crippen LogP contribution in [0, 0.1) is 0 Å². The molecule has 1 unspecified atom stereocenters. The van der Waals surface area contributed by atoms with E-state index in [2.05, 4.69) is 30.6 Å². The number of carbonyl (C=O) groups is 1. The van der Waals surface area contributed by atoms with Crippen molar-refractivity contribution in [1.82, 2.24) is 9.97 Å². The Bertz CT molecular complexity index is 1000. The van der Waals surface area contributed by atoms with Crippen LogP contribution in [0.15, 0.2) is 28.7 Å². The van der Waals surface area contributed by atoms with Crippen molar-refractivity contribution in [2.45, 2.75) is 31.8 Å². The van der Waals surface area contributed by atoms with Crippen LogP contribution < -0.4 is 4.74 Å². The van der Waals surface area contributed by atoms with Gasteiger partial charge in [-0.15, -0.1) is 0 Å². The zero-order valence-electron chi connectivity index (χ0n) is 18.0. The Morgan fingerprint density at radius 1 is 1.10 bits per heavy atom. The molecule has 0 N–H and O–H groups in total. The molecule has 0 radical (unpaired) electrons. The summed E-state index contributed by atoms with van der Waals surface area (Å²) in [7, 11) is 4.59. The lowest BCUT2D eigenvalue weighted by Crippen LogP contribution is -2.08. The van der Waals surface area contributed by atoms with Crippen molar-refractivity contribution < 1.29 is 31.9 Å². The highest BCUT2D eigenvalue weighted by atomic mass is 79.9. The average molecular weight is 505 g/mol. The number of nitrogens with zero attached hydrogens (tertiary/aromatic N) is 2. The second-order valence-electron chi connectivity index (χ2n) is 5.82. The predicted octanol–water partition coefficient (Wildman–Crippen LogP) is 6.47. The van der Waals surface area contributed by atoms with Gasteiger partial charge < -0.3 is 13.9 Å². The molecule has 6 nitrogen and oxygen atoms in total. The molecule has 0 amide bonds. The summed E-state index contributed by atoms with van der Waals surface area (Å²) in [4.78, 5) is 18.9. The van der Waals surface area contributed by atoms with E-state index in [0.717, 1.165) is 6.07 Å². The first-order valence-corrected chi connectivity index (χ1v) is 10.1. The van der Waals surface area contributed by atoms with E-state index in [-0.39, 0.29) is 27.7 Å². The number of methoxy groups -OCH3 is 2. The van der Waals surface area contributed by atoms with Gasteiger partial charge >= 0.3 is 6.18 Å². The maximum Gasteiger partial charge on any atom is 0.433 e. The van der Waals surface area contributed by atoms with Crippen LogP contribution in [0.2, 0.25) is 0 Å². The molecule has 0 spiro atoms. The molecule has 2 heterocycles. The van der Waals surface area contributed by atoms with E-state index in [9.17, 15) is 18.0 Å². The molecule has 0 fully saturated rings. The largest absolute Gasteiger partial charge is 0.494 e. The Labute approximate surface area is 186 Å². The zero-order valence-corrected chi connectivity index (χ0v) is 19.6. The number of hydrogen-bond donors (Lipinski definition) is 0. The number of carbonyl (C=O) groups excluding carboxylic acids is 1. The summed E-state index contributed by atoms with van der Waals surface area (Å²) >= 11 is 3.33. The topological polar surface area (TPSA) is 74.5 Å². The van der Waals surface area contributed by atoms with E-state index in [1.165, 1.54) is 19.2 Å². The Hall–Kier alpha value is -2.46. The number of ether oxygens (including phenoxy) is 2. The Kier molecular flexibility index (Phi) is 10.1. The van der Waals surface area contributed by atoms with Gasteiger partial charge in [-0.25, -0.2) is 9.97 Å². The van der Waals surface area contributed by atoms with Gasteiger partial charge in [0.1, 0.15) is 22.7 Å². The van der Waals surface area contributed by atoms with E-state index < -0.39 is 11.9 Å². The smallest absolute Gasteiger partial charge is 0.433 e. The molecule has 0 aliphatic rings. The van der Waals surface area contributed by atoms with Crippen LogP contribution in [0.4, 0.5) is 13.2 Å². The molecule has 170 valence electrons. The third-order valence-corrected chi connectivity index (χ3v) is 4.16. The fourth-order valence-corrected chi connectivity index (χ4v) is 2.86. The normalized spacial score (nSPS) is 11.7. The molecule has 3 aromatic rings. The quantitative estimate of drug-likeness (QED) is 0.299. The summed E-state index contributed by atoms with van der Waals surface area (Å²) in [5.41, 5.74) is -0.196. The minimum Gasteiger partial charge on any atom is -0.494 e. The van der Waals surface area contributed by atoms with E-state index >= 15 is 0 Å². The highest BCUT2D eigenvalue weighted by Crippen LogP contribution is 2.37. The number of alkyl halides is 4. The summed E-state index contributed by atoms with van der Waals surface area (Å²) in [6.07, 6.45) is -4.04. The lowest BCUT2D eigenvalue weighted by atomic mass is 10.1. The van der Waals surface area contributed by atoms with Crippen molar-refractivity contribution in [3.63, 3.8) is 0 Å². The molecule has 31 heavy (non-hydrogen) atoms. The summed E-state index contributed by atoms with van der Waals surface area (Å²) in [5.74, 6) is 0.349. The SMILES string of the molecule is CC.COC.COc1ccc(-c2nc(C(C)Br)c(C=O)o2)c2ccc(C(F)(F)F)nc12. The molecule has 0 bridgehead atoms. The Morgan fingerprint density at radius 3 is 2.16 bits per heavy atom. The van der Waals surface area contributed by atoms with Crippen LogP contribution in [0.3, 0.4) is 0 Å². The lowest BCUT2D eigenvalue weighted by Gasteiger charge is -2.11. The molecule has 3 rings (SSSR count). The summed E-state index contributed by atoms with van der Waals surface area (Å²) < 4.78 is 53.8. The van der Waals surface area contributed by atoms with Gasteiger partial charge in [0, 0.05) is 25.2 Å². The van der Waals surface area contributed by atoms with Crippen LogP contribution in [0.25, 0.3) is 22.4 Å². The minimum absolute atomic E-state index is 0.0270. The molecule has 0 aliphatic heterocycles. The van der Waals surface area contributed by atoms with Crippen molar-refractivity contribution >= 4 is 33.1 Å². The van der Waals surface area contributed by atoms with Gasteiger partial charge in [0.25, 0.3) is 0 Å². The Balaban J connectivity index is 0.000000884. The van der Waals surface area contributed by atoms with Crippen LogP contribution in [-0.4, -0.2) is 37.6 Å². The van der Waals surface area contributed by atoms with Gasteiger partial charge in [-0.1, -0.05) is 29.8 Å². The van der Waals surface area contributed by atoms with Gasteiger partial charge in [-0.2, -0.15) is 13.2 Å². The highest BCUT2D eigenvalue weighted by Gasteiger charge is 2.33. The highest BCUT2D eigenvalue weighted by molar-refractivity contribution is 9.09. The van der Waals surface area contributed by atoms with Crippen molar-refractivity contribution in [3.8, 4) is 17.2 Å². The first-order valence-electron chi connectivity index (χ1n) is 9.23. The summed E-state index contributed by atoms with van der Waals surface area (Å²) in [5, 5.41) is 0.366. The molecule has 1 aromatic carbocycles. The molecule has 10 heteroatoms. The first-order chi connectivity index (χ1) is 14.7. The number of oxazole rings is 1. The number of aldehydes is 1. The van der Waals surface area contributed by atoms with Crippen molar-refractivity contribution in [2.75, 3.05) is 21.3 Å². The average Bonchev–Trinajstić information content (AvgIpc) is 3.18. The second-order valence-corrected chi connectivity index (χ2v) is 7.19. The fourth-order valence-electron chi connectivity index (χ4n) is 2.53. The molecule has 0 saturated carbocycles.